The number of nitrogens with one attached hydrogen (secondary N) is 1. The molecular weight excluding hydrogens is 350 g/mol. The number of nitrogens with two attached hydrogens (primary N) is 1. The van der Waals surface area contributed by atoms with Crippen molar-refractivity contribution in [2.24, 2.45) is 5.14 Å². The van der Waals surface area contributed by atoms with E-state index in [0.29, 0.717) is 12.1 Å². The Morgan fingerprint density at radius 3 is 2.65 bits per heavy atom. The molecule has 1 aromatic carbocycles. The van der Waals surface area contributed by atoms with Crippen LogP contribution in [0.4, 0.5) is 5.69 Å². The van der Waals surface area contributed by atoms with Crippen molar-refractivity contribution in [3.63, 3.8) is 0 Å². The van der Waals surface area contributed by atoms with Gasteiger partial charge in [0.2, 0.25) is 15.9 Å². The monoisotopic (exact) mass is 373 g/mol. The van der Waals surface area contributed by atoms with Crippen molar-refractivity contribution in [1.29, 1.82) is 0 Å². The van der Waals surface area contributed by atoms with Crippen LogP contribution in [-0.2, 0) is 20.2 Å². The molecule has 0 bridgehead atoms. The van der Waals surface area contributed by atoms with Gasteiger partial charge in [0.25, 0.3) is 0 Å². The Bertz CT molecular complexity index is 919. The second kappa shape index (κ2) is 7.17. The maximum Gasteiger partial charge on any atom is 0.238 e. The number of nitrogens with zero attached hydrogens (tertiary/aromatic N) is 1. The molecule has 1 aliphatic carbocycles. The van der Waals surface area contributed by atoms with Crippen LogP contribution in [0.3, 0.4) is 0 Å². The van der Waals surface area contributed by atoms with Gasteiger partial charge in [-0.25, -0.2) is 13.6 Å². The van der Waals surface area contributed by atoms with Crippen LogP contribution in [0.5, 0.6) is 0 Å². The number of hydrogen-bond acceptors (Lipinski definition) is 4. The van der Waals surface area contributed by atoms with E-state index in [1.54, 1.807) is 24.5 Å². The lowest BCUT2D eigenvalue weighted by molar-refractivity contribution is -0.117. The summed E-state index contributed by atoms with van der Waals surface area (Å²) in [7, 11) is -3.77. The summed E-state index contributed by atoms with van der Waals surface area (Å²) in [5.74, 6) is -0.0935. The number of aryl methyl sites for hydroxylation is 1. The SMILES string of the molecule is Cc1ccncc1NC(=O)CC1(c2cccc(S(N)(=O)=O)c2)CCCC1. The maximum atomic E-state index is 12.7. The number of carbonyl (C=O) groups is 1. The molecule has 1 amide bonds. The summed E-state index contributed by atoms with van der Waals surface area (Å²) in [6, 6.07) is 8.53. The lowest BCUT2D eigenvalue weighted by Gasteiger charge is -2.29. The molecule has 0 saturated heterocycles. The van der Waals surface area contributed by atoms with E-state index in [-0.39, 0.29) is 16.2 Å². The van der Waals surface area contributed by atoms with Crippen molar-refractivity contribution < 1.29 is 13.2 Å². The summed E-state index contributed by atoms with van der Waals surface area (Å²) in [4.78, 5) is 16.8. The summed E-state index contributed by atoms with van der Waals surface area (Å²) in [5, 5.41) is 8.21. The molecule has 0 unspecified atom stereocenters. The molecule has 0 radical (unpaired) electrons. The predicted molar refractivity (Wildman–Crippen MR) is 100 cm³/mol. The average molecular weight is 373 g/mol. The highest BCUT2D eigenvalue weighted by molar-refractivity contribution is 7.89. The van der Waals surface area contributed by atoms with Gasteiger partial charge in [-0.2, -0.15) is 0 Å². The third-order valence-electron chi connectivity index (χ3n) is 5.15. The fourth-order valence-corrected chi connectivity index (χ4v) is 4.28. The van der Waals surface area contributed by atoms with E-state index in [2.05, 4.69) is 10.3 Å². The number of hydrogen-bond donors (Lipinski definition) is 2. The van der Waals surface area contributed by atoms with E-state index in [1.807, 2.05) is 19.1 Å². The second-order valence-electron chi connectivity index (χ2n) is 6.98. The van der Waals surface area contributed by atoms with Crippen molar-refractivity contribution in [3.8, 4) is 0 Å². The van der Waals surface area contributed by atoms with Gasteiger partial charge < -0.3 is 5.32 Å². The number of aromatic nitrogens is 1. The van der Waals surface area contributed by atoms with E-state index in [4.69, 9.17) is 5.14 Å². The normalized spacial score (nSPS) is 16.4. The standard InChI is InChI=1S/C19H23N3O3S/c1-14-7-10-21-13-17(14)22-18(23)12-19(8-2-3-9-19)15-5-4-6-16(11-15)26(20,24)25/h4-7,10-11,13H,2-3,8-9,12H2,1H3,(H,22,23)(H2,20,24,25). The molecule has 0 atom stereocenters. The number of carbonyl (C=O) groups excluding carboxylic acids is 1. The fourth-order valence-electron chi connectivity index (χ4n) is 3.72. The van der Waals surface area contributed by atoms with Crippen molar-refractivity contribution in [2.45, 2.75) is 49.3 Å². The van der Waals surface area contributed by atoms with Crippen molar-refractivity contribution in [1.82, 2.24) is 4.98 Å². The zero-order valence-corrected chi connectivity index (χ0v) is 15.6. The van der Waals surface area contributed by atoms with Gasteiger partial charge in [0.15, 0.2) is 0 Å². The average Bonchev–Trinajstić information content (AvgIpc) is 3.06. The maximum absolute atomic E-state index is 12.7. The molecule has 7 heteroatoms. The van der Waals surface area contributed by atoms with E-state index in [9.17, 15) is 13.2 Å². The number of rotatable bonds is 5. The van der Waals surface area contributed by atoms with Crippen molar-refractivity contribution in [2.75, 3.05) is 5.32 Å². The zero-order valence-electron chi connectivity index (χ0n) is 14.7. The van der Waals surface area contributed by atoms with Gasteiger partial charge in [0.05, 0.1) is 16.8 Å². The molecule has 3 rings (SSSR count). The number of benzene rings is 1. The molecule has 138 valence electrons. The lowest BCUT2D eigenvalue weighted by Crippen LogP contribution is -2.29. The van der Waals surface area contributed by atoms with Crippen LogP contribution in [-0.4, -0.2) is 19.3 Å². The van der Waals surface area contributed by atoms with Gasteiger partial charge in [0.1, 0.15) is 0 Å². The number of primary sulfonamides is 1. The summed E-state index contributed by atoms with van der Waals surface area (Å²) < 4.78 is 23.4. The Morgan fingerprint density at radius 1 is 1.27 bits per heavy atom. The van der Waals surface area contributed by atoms with Crippen molar-refractivity contribution in [3.05, 3.63) is 53.9 Å². The Hall–Kier alpha value is -2.25. The van der Waals surface area contributed by atoms with E-state index >= 15 is 0 Å². The Balaban J connectivity index is 1.87. The van der Waals surface area contributed by atoms with Gasteiger partial charge in [-0.15, -0.1) is 0 Å². The Labute approximate surface area is 153 Å². The summed E-state index contributed by atoms with van der Waals surface area (Å²) >= 11 is 0. The summed E-state index contributed by atoms with van der Waals surface area (Å²) in [6.45, 7) is 1.91. The summed E-state index contributed by atoms with van der Waals surface area (Å²) in [6.07, 6.45) is 7.34. The van der Waals surface area contributed by atoms with Gasteiger partial charge in [-0.1, -0.05) is 25.0 Å². The first-order valence-corrected chi connectivity index (χ1v) is 10.2. The molecule has 0 spiro atoms. The molecule has 2 aromatic rings. The van der Waals surface area contributed by atoms with Crippen LogP contribution in [0.15, 0.2) is 47.6 Å². The van der Waals surface area contributed by atoms with Gasteiger partial charge >= 0.3 is 0 Å². The first-order valence-electron chi connectivity index (χ1n) is 8.64. The predicted octanol–water partition coefficient (Wildman–Crippen LogP) is 2.88. The first-order chi connectivity index (χ1) is 12.3. The molecule has 1 aromatic heterocycles. The third-order valence-corrected chi connectivity index (χ3v) is 6.06. The molecule has 26 heavy (non-hydrogen) atoms. The van der Waals surface area contributed by atoms with Gasteiger partial charge in [0, 0.05) is 18.0 Å². The minimum Gasteiger partial charge on any atom is -0.324 e. The second-order valence-corrected chi connectivity index (χ2v) is 8.54. The highest BCUT2D eigenvalue weighted by atomic mass is 32.2. The van der Waals surface area contributed by atoms with E-state index < -0.39 is 10.0 Å². The third kappa shape index (κ3) is 3.94. The largest absolute Gasteiger partial charge is 0.324 e. The van der Waals surface area contributed by atoms with Crippen LogP contribution >= 0.6 is 0 Å². The van der Waals surface area contributed by atoms with E-state index in [0.717, 1.165) is 36.8 Å². The minimum atomic E-state index is -3.77. The molecule has 3 N–H and O–H groups in total. The van der Waals surface area contributed by atoms with Crippen LogP contribution in [0, 0.1) is 6.92 Å². The molecule has 1 aliphatic rings. The van der Waals surface area contributed by atoms with Crippen LogP contribution in [0.2, 0.25) is 0 Å². The van der Waals surface area contributed by atoms with Crippen molar-refractivity contribution >= 4 is 21.6 Å². The minimum absolute atomic E-state index is 0.0878. The topological polar surface area (TPSA) is 102 Å². The van der Waals surface area contributed by atoms with Gasteiger partial charge in [-0.3, -0.25) is 9.78 Å². The molecular formula is C19H23N3O3S. The van der Waals surface area contributed by atoms with E-state index in [1.165, 1.54) is 6.07 Å². The fraction of sp³-hybridized carbons (Fsp3) is 0.368. The Morgan fingerprint density at radius 2 is 2.00 bits per heavy atom. The molecule has 6 nitrogen and oxygen atoms in total. The number of pyridine rings is 1. The highest BCUT2D eigenvalue weighted by Crippen LogP contribution is 2.44. The van der Waals surface area contributed by atoms with Crippen LogP contribution < -0.4 is 10.5 Å². The smallest absolute Gasteiger partial charge is 0.238 e. The number of anilines is 1. The lowest BCUT2D eigenvalue weighted by atomic mass is 9.76. The van der Waals surface area contributed by atoms with Gasteiger partial charge in [-0.05, 0) is 49.1 Å². The zero-order chi connectivity index (χ0) is 18.8. The highest BCUT2D eigenvalue weighted by Gasteiger charge is 2.38. The molecule has 1 saturated carbocycles. The Kier molecular flexibility index (Phi) is 5.11. The number of sulfonamides is 1. The van der Waals surface area contributed by atoms with Crippen LogP contribution in [0.25, 0.3) is 0 Å². The van der Waals surface area contributed by atoms with Crippen LogP contribution in [0.1, 0.15) is 43.2 Å². The number of amides is 1. The molecule has 0 aliphatic heterocycles. The molecule has 1 fully saturated rings. The quantitative estimate of drug-likeness (QED) is 0.841. The molecule has 1 heterocycles. The first kappa shape index (κ1) is 18.5. The summed E-state index contributed by atoms with van der Waals surface area (Å²) in [5.41, 5.74) is 2.15.